The summed E-state index contributed by atoms with van der Waals surface area (Å²) in [5.74, 6) is 0.686. The molecule has 1 aliphatic rings. The van der Waals surface area contributed by atoms with Crippen molar-refractivity contribution >= 4 is 10.9 Å². The van der Waals surface area contributed by atoms with Crippen LogP contribution in [0.4, 0.5) is 0 Å². The second-order valence-corrected chi connectivity index (χ2v) is 9.49. The van der Waals surface area contributed by atoms with Crippen LogP contribution in [0.25, 0.3) is 44.8 Å². The predicted molar refractivity (Wildman–Crippen MR) is 154 cm³/mol. The van der Waals surface area contributed by atoms with Gasteiger partial charge in [-0.25, -0.2) is 0 Å². The number of aromatic nitrogens is 4. The molecule has 0 saturated heterocycles. The summed E-state index contributed by atoms with van der Waals surface area (Å²) in [4.78, 5) is 17.0. The zero-order valence-corrected chi connectivity index (χ0v) is 24.3. The Labute approximate surface area is 243 Å². The number of rotatable bonds is 4. The number of para-hydroxylation sites is 1. The van der Waals surface area contributed by atoms with Crippen molar-refractivity contribution in [3.8, 4) is 33.9 Å². The van der Waals surface area contributed by atoms with Crippen molar-refractivity contribution in [2.45, 2.75) is 32.1 Å². The van der Waals surface area contributed by atoms with Gasteiger partial charge >= 0.3 is 0 Å². The molecule has 195 valence electrons. The van der Waals surface area contributed by atoms with Gasteiger partial charge in [-0.3, -0.25) is 9.97 Å². The Morgan fingerprint density at radius 3 is 2.31 bits per heavy atom. The number of benzene rings is 3. The molecule has 3 aromatic heterocycles. The van der Waals surface area contributed by atoms with Crippen molar-refractivity contribution < 1.29 is 20.1 Å². The van der Waals surface area contributed by atoms with Gasteiger partial charge in [0.1, 0.15) is 0 Å². The quantitative estimate of drug-likeness (QED) is 0.177. The van der Waals surface area contributed by atoms with Crippen LogP contribution in [-0.2, 0) is 25.5 Å². The van der Waals surface area contributed by atoms with Gasteiger partial charge in [0.05, 0.1) is 11.2 Å². The molecule has 0 unspecified atom stereocenters. The summed E-state index contributed by atoms with van der Waals surface area (Å²) >= 11 is 0. The standard InChI is InChI=1S/C26H22N.C8H6N3.Ir/c1-3-26(4-2)22-11-7-6-10-20(22)21-15-13-19(17-23(21)26)25-16-14-18-9-5-8-12-24(18)27-25;1-2-4-9-7(3-1)8-10-5-6-11-8;/h5-12,14-17H,3-4H2,1-2H3;1-6H;/q2*-1;. The van der Waals surface area contributed by atoms with Crippen LogP contribution in [0.5, 0.6) is 0 Å². The second-order valence-electron chi connectivity index (χ2n) is 9.49. The fourth-order valence-electron chi connectivity index (χ4n) is 5.63. The first-order valence-corrected chi connectivity index (χ1v) is 13.1. The average molecular weight is 685 g/mol. The zero-order valence-electron chi connectivity index (χ0n) is 21.9. The fraction of sp³-hybridized carbons (Fsp3) is 0.147. The third-order valence-electron chi connectivity index (χ3n) is 7.64. The molecule has 0 atom stereocenters. The van der Waals surface area contributed by atoms with Gasteiger partial charge in [-0.05, 0) is 53.5 Å². The van der Waals surface area contributed by atoms with Crippen molar-refractivity contribution in [2.75, 3.05) is 0 Å². The van der Waals surface area contributed by atoms with E-state index >= 15 is 0 Å². The second kappa shape index (κ2) is 11.4. The van der Waals surface area contributed by atoms with Gasteiger partial charge in [-0.1, -0.05) is 98.0 Å². The van der Waals surface area contributed by atoms with Gasteiger partial charge in [0.2, 0.25) is 0 Å². The van der Waals surface area contributed by atoms with Crippen LogP contribution in [0.3, 0.4) is 0 Å². The van der Waals surface area contributed by atoms with E-state index in [1.54, 1.807) is 18.6 Å². The molecular weight excluding hydrogens is 657 g/mol. The summed E-state index contributed by atoms with van der Waals surface area (Å²) in [6, 6.07) is 35.1. The van der Waals surface area contributed by atoms with Crippen LogP contribution in [-0.4, -0.2) is 15.0 Å². The number of imidazole rings is 1. The maximum Gasteiger partial charge on any atom is 0.0620 e. The predicted octanol–water partition coefficient (Wildman–Crippen LogP) is 7.89. The van der Waals surface area contributed by atoms with E-state index in [1.165, 1.54) is 27.6 Å². The molecule has 7 rings (SSSR count). The number of hydrogen-bond acceptors (Lipinski definition) is 3. The summed E-state index contributed by atoms with van der Waals surface area (Å²) in [5, 5.41) is 1.17. The van der Waals surface area contributed by atoms with Crippen LogP contribution >= 0.6 is 0 Å². The molecule has 3 aromatic carbocycles. The molecule has 0 saturated carbocycles. The van der Waals surface area contributed by atoms with E-state index in [9.17, 15) is 0 Å². The molecule has 1 aliphatic carbocycles. The van der Waals surface area contributed by atoms with Crippen LogP contribution < -0.4 is 4.98 Å². The minimum absolute atomic E-state index is 0. The first-order chi connectivity index (χ1) is 18.7. The minimum atomic E-state index is 0. The number of nitrogens with zero attached hydrogens (tertiary/aromatic N) is 4. The molecule has 0 aliphatic heterocycles. The van der Waals surface area contributed by atoms with Crippen molar-refractivity contribution in [1.82, 2.24) is 19.9 Å². The van der Waals surface area contributed by atoms with E-state index in [2.05, 4.69) is 102 Å². The van der Waals surface area contributed by atoms with Gasteiger partial charge in [-0.2, -0.15) is 0 Å². The van der Waals surface area contributed by atoms with Crippen molar-refractivity contribution in [3.05, 3.63) is 127 Å². The summed E-state index contributed by atoms with van der Waals surface area (Å²) in [6.07, 6.45) is 7.24. The Kier molecular flexibility index (Phi) is 7.83. The molecule has 3 heterocycles. The molecule has 1 radical (unpaired) electrons. The summed E-state index contributed by atoms with van der Waals surface area (Å²) < 4.78 is 0. The molecular formula is C34H28IrN4-2. The van der Waals surface area contributed by atoms with E-state index in [-0.39, 0.29) is 25.5 Å². The molecule has 0 fully saturated rings. The van der Waals surface area contributed by atoms with E-state index < -0.39 is 0 Å². The van der Waals surface area contributed by atoms with Crippen LogP contribution in [0.15, 0.2) is 110 Å². The minimum Gasteiger partial charge on any atom is -0.441 e. The smallest absolute Gasteiger partial charge is 0.0620 e. The van der Waals surface area contributed by atoms with Gasteiger partial charge in [-0.15, -0.1) is 29.3 Å². The number of fused-ring (bicyclic) bond motifs is 4. The molecule has 39 heavy (non-hydrogen) atoms. The number of pyridine rings is 2. The SMILES string of the molecule is CCC1(CC)c2ccccc2-c2c[c-]c(-c3ccc4ccccc4n3)cc21.[Ir].c1ccc(-c2ncc[n-]2)nc1. The van der Waals surface area contributed by atoms with Gasteiger partial charge < -0.3 is 9.97 Å². The Morgan fingerprint density at radius 2 is 1.54 bits per heavy atom. The molecule has 6 aromatic rings. The summed E-state index contributed by atoms with van der Waals surface area (Å²) in [6.45, 7) is 4.61. The largest absolute Gasteiger partial charge is 0.441 e. The van der Waals surface area contributed by atoms with Crippen molar-refractivity contribution in [3.63, 3.8) is 0 Å². The third-order valence-corrected chi connectivity index (χ3v) is 7.64. The summed E-state index contributed by atoms with van der Waals surface area (Å²) in [5.41, 5.74) is 9.60. The van der Waals surface area contributed by atoms with Crippen molar-refractivity contribution in [2.24, 2.45) is 0 Å². The normalized spacial score (nSPS) is 12.6. The number of hydrogen-bond donors (Lipinski definition) is 0. The summed E-state index contributed by atoms with van der Waals surface area (Å²) in [7, 11) is 0. The van der Waals surface area contributed by atoms with Crippen molar-refractivity contribution in [1.29, 1.82) is 0 Å². The van der Waals surface area contributed by atoms with Gasteiger partial charge in [0.25, 0.3) is 0 Å². The third kappa shape index (κ3) is 4.85. The van der Waals surface area contributed by atoms with Crippen LogP contribution in [0.2, 0.25) is 0 Å². The molecule has 0 spiro atoms. The van der Waals surface area contributed by atoms with E-state index in [4.69, 9.17) is 4.98 Å². The monoisotopic (exact) mass is 685 g/mol. The van der Waals surface area contributed by atoms with Gasteiger partial charge in [0, 0.05) is 31.7 Å². The molecule has 4 nitrogen and oxygen atoms in total. The van der Waals surface area contributed by atoms with E-state index in [0.717, 1.165) is 35.3 Å². The average Bonchev–Trinajstić information content (AvgIpc) is 3.63. The molecule has 0 N–H and O–H groups in total. The van der Waals surface area contributed by atoms with E-state index in [0.29, 0.717) is 5.82 Å². The molecule has 0 amide bonds. The maximum atomic E-state index is 4.89. The Balaban J connectivity index is 0.000000216. The fourth-order valence-corrected chi connectivity index (χ4v) is 5.63. The van der Waals surface area contributed by atoms with Crippen LogP contribution in [0, 0.1) is 6.07 Å². The Morgan fingerprint density at radius 1 is 0.744 bits per heavy atom. The molecule has 5 heteroatoms. The van der Waals surface area contributed by atoms with Crippen LogP contribution in [0.1, 0.15) is 37.8 Å². The topological polar surface area (TPSA) is 52.8 Å². The first-order valence-electron chi connectivity index (χ1n) is 13.1. The van der Waals surface area contributed by atoms with Gasteiger partial charge in [0.15, 0.2) is 0 Å². The first kappa shape index (κ1) is 26.7. The maximum absolute atomic E-state index is 4.89. The Hall–Kier alpha value is -3.92. The van der Waals surface area contributed by atoms with E-state index in [1.807, 2.05) is 24.3 Å². The zero-order chi connectivity index (χ0) is 26.0. The Bertz CT molecular complexity index is 1690. The molecule has 0 bridgehead atoms.